The summed E-state index contributed by atoms with van der Waals surface area (Å²) in [4.78, 5) is 27.3. The van der Waals surface area contributed by atoms with E-state index in [1.165, 1.54) is 36.4 Å². The van der Waals surface area contributed by atoms with E-state index in [9.17, 15) is 23.3 Å². The summed E-state index contributed by atoms with van der Waals surface area (Å²) in [5, 5.41) is 15.5. The Kier molecular flexibility index (Phi) is 5.33. The largest absolute Gasteiger partial charge is 0.298 e. The van der Waals surface area contributed by atoms with Gasteiger partial charge in [0, 0.05) is 34.7 Å². The first kappa shape index (κ1) is 20.1. The van der Waals surface area contributed by atoms with E-state index in [0.717, 1.165) is 24.2 Å². The van der Waals surface area contributed by atoms with E-state index in [-0.39, 0.29) is 22.2 Å². The topological polar surface area (TPSA) is 131 Å². The summed E-state index contributed by atoms with van der Waals surface area (Å²) in [5.74, 6) is -0.501. The molecule has 4 rings (SSSR count). The van der Waals surface area contributed by atoms with E-state index in [4.69, 9.17) is 0 Å². The van der Waals surface area contributed by atoms with Crippen molar-refractivity contribution in [3.8, 4) is 11.3 Å². The van der Waals surface area contributed by atoms with Gasteiger partial charge in [0.25, 0.3) is 11.6 Å². The molecule has 1 aliphatic rings. The van der Waals surface area contributed by atoms with Gasteiger partial charge in [-0.3, -0.25) is 20.2 Å². The Bertz CT molecular complexity index is 1230. The number of hydrogen-bond acceptors (Lipinski definition) is 7. The molecule has 0 atom stereocenters. The van der Waals surface area contributed by atoms with E-state index in [0.29, 0.717) is 16.4 Å². The number of nitro groups is 1. The van der Waals surface area contributed by atoms with Gasteiger partial charge in [0.2, 0.25) is 10.0 Å². The zero-order valence-corrected chi connectivity index (χ0v) is 17.1. The number of rotatable bonds is 7. The third-order valence-corrected chi connectivity index (χ3v) is 6.66. The lowest BCUT2D eigenvalue weighted by molar-refractivity contribution is -0.384. The molecule has 0 aliphatic heterocycles. The van der Waals surface area contributed by atoms with Crippen molar-refractivity contribution in [2.75, 3.05) is 5.32 Å². The molecule has 9 nitrogen and oxygen atoms in total. The van der Waals surface area contributed by atoms with Gasteiger partial charge in [-0.25, -0.2) is 18.1 Å². The Labute approximate surface area is 176 Å². The second-order valence-electron chi connectivity index (χ2n) is 6.72. The molecule has 1 amide bonds. The van der Waals surface area contributed by atoms with E-state index >= 15 is 0 Å². The molecule has 2 aromatic carbocycles. The molecule has 154 valence electrons. The Morgan fingerprint density at radius 3 is 2.67 bits per heavy atom. The minimum Gasteiger partial charge on any atom is -0.298 e. The number of nitrogens with zero attached hydrogens (tertiary/aromatic N) is 2. The van der Waals surface area contributed by atoms with Crippen molar-refractivity contribution in [2.24, 2.45) is 0 Å². The van der Waals surface area contributed by atoms with Crippen LogP contribution in [0.15, 0.2) is 58.8 Å². The summed E-state index contributed by atoms with van der Waals surface area (Å²) >= 11 is 1.16. The van der Waals surface area contributed by atoms with Crippen LogP contribution in [0.25, 0.3) is 11.3 Å². The van der Waals surface area contributed by atoms with Crippen LogP contribution in [0, 0.1) is 10.1 Å². The number of benzene rings is 2. The Balaban J connectivity index is 1.50. The van der Waals surface area contributed by atoms with Crippen molar-refractivity contribution < 1.29 is 18.1 Å². The highest BCUT2D eigenvalue weighted by Crippen LogP contribution is 2.28. The highest BCUT2D eigenvalue weighted by molar-refractivity contribution is 7.89. The van der Waals surface area contributed by atoms with Gasteiger partial charge in [0.15, 0.2) is 5.13 Å². The fraction of sp³-hybridized carbons (Fsp3) is 0.158. The van der Waals surface area contributed by atoms with E-state index in [2.05, 4.69) is 15.0 Å². The molecule has 1 aliphatic carbocycles. The van der Waals surface area contributed by atoms with E-state index in [1.807, 2.05) is 0 Å². The normalized spacial score (nSPS) is 13.7. The molecule has 1 saturated carbocycles. The number of aromatic nitrogens is 1. The van der Waals surface area contributed by atoms with Crippen LogP contribution in [0.2, 0.25) is 0 Å². The number of carbonyl (C=O) groups excluding carboxylic acids is 1. The number of amides is 1. The molecule has 0 unspecified atom stereocenters. The molecule has 2 N–H and O–H groups in total. The minimum absolute atomic E-state index is 0.0264. The van der Waals surface area contributed by atoms with Crippen LogP contribution in [-0.2, 0) is 10.0 Å². The number of sulfonamides is 1. The van der Waals surface area contributed by atoms with Crippen LogP contribution in [0.3, 0.4) is 0 Å². The molecular formula is C19H16N4O5S2. The standard InChI is InChI=1S/C19H16N4O5S2/c24-18(13-4-2-6-16(10-13)30(27,28)22-14-7-8-14)21-19-20-17(11-29-19)12-3-1-5-15(9-12)23(25)26/h1-6,9-11,14,22H,7-8H2,(H,20,21,24). The van der Waals surface area contributed by atoms with Crippen molar-refractivity contribution in [3.05, 3.63) is 69.6 Å². The maximum Gasteiger partial charge on any atom is 0.270 e. The maximum atomic E-state index is 12.6. The molecule has 0 saturated heterocycles. The molecule has 0 bridgehead atoms. The monoisotopic (exact) mass is 444 g/mol. The van der Waals surface area contributed by atoms with Gasteiger partial charge in [0.1, 0.15) is 0 Å². The third-order valence-electron chi connectivity index (χ3n) is 4.38. The summed E-state index contributed by atoms with van der Waals surface area (Å²) in [5.41, 5.74) is 1.17. The van der Waals surface area contributed by atoms with E-state index in [1.54, 1.807) is 17.5 Å². The number of hydrogen-bond donors (Lipinski definition) is 2. The van der Waals surface area contributed by atoms with Crippen LogP contribution in [0.4, 0.5) is 10.8 Å². The van der Waals surface area contributed by atoms with Crippen molar-refractivity contribution in [3.63, 3.8) is 0 Å². The molecule has 1 heterocycles. The van der Waals surface area contributed by atoms with Gasteiger partial charge in [0.05, 0.1) is 15.5 Å². The minimum atomic E-state index is -3.67. The van der Waals surface area contributed by atoms with E-state index < -0.39 is 20.9 Å². The van der Waals surface area contributed by atoms with Crippen molar-refractivity contribution >= 4 is 38.1 Å². The Morgan fingerprint density at radius 2 is 1.93 bits per heavy atom. The highest BCUT2D eigenvalue weighted by atomic mass is 32.2. The number of thiazole rings is 1. The SMILES string of the molecule is O=C(Nc1nc(-c2cccc([N+](=O)[O-])c2)cs1)c1cccc(S(=O)(=O)NC2CC2)c1. The molecular weight excluding hydrogens is 428 g/mol. The number of non-ortho nitro benzene ring substituents is 1. The average Bonchev–Trinajstić information content (AvgIpc) is 3.41. The molecule has 30 heavy (non-hydrogen) atoms. The number of nitro benzene ring substituents is 1. The zero-order chi connectivity index (χ0) is 21.3. The lowest BCUT2D eigenvalue weighted by atomic mass is 10.1. The van der Waals surface area contributed by atoms with Crippen LogP contribution in [0.1, 0.15) is 23.2 Å². The quantitative estimate of drug-likeness (QED) is 0.424. The van der Waals surface area contributed by atoms with Gasteiger partial charge in [-0.2, -0.15) is 0 Å². The molecule has 0 radical (unpaired) electrons. The fourth-order valence-corrected chi connectivity index (χ4v) is 4.77. The summed E-state index contributed by atoms with van der Waals surface area (Å²) in [6.45, 7) is 0. The number of nitrogens with one attached hydrogen (secondary N) is 2. The predicted molar refractivity (Wildman–Crippen MR) is 112 cm³/mol. The maximum absolute atomic E-state index is 12.6. The smallest absolute Gasteiger partial charge is 0.270 e. The molecule has 3 aromatic rings. The highest BCUT2D eigenvalue weighted by Gasteiger charge is 2.28. The molecule has 1 fully saturated rings. The number of carbonyl (C=O) groups is 1. The molecule has 0 spiro atoms. The predicted octanol–water partition coefficient (Wildman–Crippen LogP) is 3.41. The van der Waals surface area contributed by atoms with Gasteiger partial charge in [-0.1, -0.05) is 18.2 Å². The molecule has 11 heteroatoms. The second kappa shape index (κ2) is 7.94. The summed E-state index contributed by atoms with van der Waals surface area (Å²) in [6, 6.07) is 11.8. The number of anilines is 1. The summed E-state index contributed by atoms with van der Waals surface area (Å²) < 4.78 is 27.3. The van der Waals surface area contributed by atoms with Crippen LogP contribution >= 0.6 is 11.3 Å². The molecule has 1 aromatic heterocycles. The first-order valence-corrected chi connectivity index (χ1v) is 11.3. The third kappa shape index (κ3) is 4.53. The zero-order valence-electron chi connectivity index (χ0n) is 15.4. The lowest BCUT2D eigenvalue weighted by Gasteiger charge is -2.07. The van der Waals surface area contributed by atoms with Gasteiger partial charge < -0.3 is 0 Å². The Hall–Kier alpha value is -3.15. The first-order valence-electron chi connectivity index (χ1n) is 8.96. The van der Waals surface area contributed by atoms with Gasteiger partial charge in [-0.05, 0) is 31.0 Å². The summed E-state index contributed by atoms with van der Waals surface area (Å²) in [7, 11) is -3.67. The Morgan fingerprint density at radius 1 is 1.17 bits per heavy atom. The van der Waals surface area contributed by atoms with Crippen LogP contribution in [-0.4, -0.2) is 30.3 Å². The van der Waals surface area contributed by atoms with Crippen LogP contribution < -0.4 is 10.0 Å². The van der Waals surface area contributed by atoms with Crippen molar-refractivity contribution in [1.82, 2.24) is 9.71 Å². The lowest BCUT2D eigenvalue weighted by Crippen LogP contribution is -2.26. The summed E-state index contributed by atoms with van der Waals surface area (Å²) in [6.07, 6.45) is 1.63. The van der Waals surface area contributed by atoms with Crippen LogP contribution in [0.5, 0.6) is 0 Å². The first-order chi connectivity index (χ1) is 14.3. The fourth-order valence-electron chi connectivity index (χ4n) is 2.70. The average molecular weight is 444 g/mol. The van der Waals surface area contributed by atoms with Gasteiger partial charge >= 0.3 is 0 Å². The second-order valence-corrected chi connectivity index (χ2v) is 9.29. The van der Waals surface area contributed by atoms with Gasteiger partial charge in [-0.15, -0.1) is 11.3 Å². The van der Waals surface area contributed by atoms with Crippen molar-refractivity contribution in [1.29, 1.82) is 0 Å². The van der Waals surface area contributed by atoms with Crippen molar-refractivity contribution in [2.45, 2.75) is 23.8 Å².